The molecule has 3 nitrogen and oxygen atoms in total. The van der Waals surface area contributed by atoms with E-state index in [-0.39, 0.29) is 17.9 Å². The van der Waals surface area contributed by atoms with Crippen LogP contribution in [0.2, 0.25) is 0 Å². The summed E-state index contributed by atoms with van der Waals surface area (Å²) in [6.45, 7) is 3.99. The fourth-order valence-corrected chi connectivity index (χ4v) is 1.78. The first-order chi connectivity index (χ1) is 5.44. The molecule has 1 aliphatic carbocycles. The maximum atomic E-state index is 10.3. The van der Waals surface area contributed by atoms with E-state index < -0.39 is 5.97 Å². The second kappa shape index (κ2) is 3.05. The molecule has 1 saturated carbocycles. The second-order valence-electron chi connectivity index (χ2n) is 4.20. The normalized spacial score (nSPS) is 32.6. The monoisotopic (exact) mass is 172 g/mol. The van der Waals surface area contributed by atoms with Crippen LogP contribution < -0.4 is 0 Å². The summed E-state index contributed by atoms with van der Waals surface area (Å²) in [7, 11) is 0. The van der Waals surface area contributed by atoms with Gasteiger partial charge in [-0.15, -0.1) is 0 Å². The van der Waals surface area contributed by atoms with Crippen molar-refractivity contribution in [1.82, 2.24) is 0 Å². The molecule has 0 heterocycles. The van der Waals surface area contributed by atoms with Gasteiger partial charge in [-0.2, -0.15) is 0 Å². The van der Waals surface area contributed by atoms with Gasteiger partial charge in [-0.1, -0.05) is 13.8 Å². The van der Waals surface area contributed by atoms with Gasteiger partial charge in [-0.25, -0.2) is 0 Å². The van der Waals surface area contributed by atoms with Crippen LogP contribution in [-0.2, 0) is 4.79 Å². The van der Waals surface area contributed by atoms with Gasteiger partial charge in [0.2, 0.25) is 0 Å². The number of carboxylic acid groups (broad SMARTS) is 1. The third kappa shape index (κ3) is 1.61. The average Bonchev–Trinajstić information content (AvgIpc) is 1.97. The highest BCUT2D eigenvalue weighted by molar-refractivity contribution is 5.66. The van der Waals surface area contributed by atoms with Crippen molar-refractivity contribution in [3.63, 3.8) is 0 Å². The molecule has 70 valence electrons. The molecule has 0 radical (unpaired) electrons. The summed E-state index contributed by atoms with van der Waals surface area (Å²) in [4.78, 5) is 10.3. The predicted molar refractivity (Wildman–Crippen MR) is 44.8 cm³/mol. The average molecular weight is 172 g/mol. The molecule has 0 aliphatic heterocycles. The van der Waals surface area contributed by atoms with Crippen LogP contribution in [0.15, 0.2) is 0 Å². The minimum absolute atomic E-state index is 0.0740. The third-order valence-corrected chi connectivity index (χ3v) is 3.13. The van der Waals surface area contributed by atoms with Gasteiger partial charge >= 0.3 is 5.97 Å². The number of carboxylic acids is 1. The molecule has 1 aliphatic rings. The van der Waals surface area contributed by atoms with Crippen molar-refractivity contribution in [2.45, 2.75) is 39.2 Å². The maximum absolute atomic E-state index is 10.3. The van der Waals surface area contributed by atoms with E-state index in [1.165, 1.54) is 0 Å². The van der Waals surface area contributed by atoms with Crippen LogP contribution in [0.25, 0.3) is 0 Å². The number of aliphatic hydroxyl groups is 1. The lowest BCUT2D eigenvalue weighted by Crippen LogP contribution is -2.49. The van der Waals surface area contributed by atoms with Gasteiger partial charge in [-0.05, 0) is 24.2 Å². The molecule has 1 fully saturated rings. The predicted octanol–water partition coefficient (Wildman–Crippen LogP) is 1.26. The first kappa shape index (κ1) is 9.52. The standard InChI is InChI=1S/C9H16O3/c1-9(2)6(5-7(9)10)3-4-8(11)12/h6-7,10H,3-5H2,1-2H3,(H,11,12)/t6-,7+/m0/s1. The highest BCUT2D eigenvalue weighted by atomic mass is 16.4. The van der Waals surface area contributed by atoms with Crippen LogP contribution in [0, 0.1) is 11.3 Å². The zero-order chi connectivity index (χ0) is 9.35. The van der Waals surface area contributed by atoms with E-state index in [0.29, 0.717) is 12.3 Å². The van der Waals surface area contributed by atoms with Crippen molar-refractivity contribution in [1.29, 1.82) is 0 Å². The van der Waals surface area contributed by atoms with Crippen LogP contribution in [0.3, 0.4) is 0 Å². The molecule has 0 spiro atoms. The van der Waals surface area contributed by atoms with Gasteiger partial charge in [0.25, 0.3) is 0 Å². The summed E-state index contributed by atoms with van der Waals surface area (Å²) >= 11 is 0. The first-order valence-electron chi connectivity index (χ1n) is 4.34. The number of aliphatic hydroxyl groups excluding tert-OH is 1. The van der Waals surface area contributed by atoms with Gasteiger partial charge in [0, 0.05) is 6.42 Å². The maximum Gasteiger partial charge on any atom is 0.303 e. The van der Waals surface area contributed by atoms with Crippen molar-refractivity contribution in [3.8, 4) is 0 Å². The molecule has 0 unspecified atom stereocenters. The van der Waals surface area contributed by atoms with Crippen molar-refractivity contribution in [2.75, 3.05) is 0 Å². The Morgan fingerprint density at radius 3 is 2.50 bits per heavy atom. The number of carbonyl (C=O) groups is 1. The van der Waals surface area contributed by atoms with Gasteiger partial charge in [-0.3, -0.25) is 4.79 Å². The first-order valence-corrected chi connectivity index (χ1v) is 4.34. The molecule has 2 atom stereocenters. The highest BCUT2D eigenvalue weighted by Crippen LogP contribution is 2.48. The van der Waals surface area contributed by atoms with Crippen LogP contribution in [0.5, 0.6) is 0 Å². The Morgan fingerprint density at radius 1 is 1.58 bits per heavy atom. The zero-order valence-corrected chi connectivity index (χ0v) is 7.58. The SMILES string of the molecule is CC1(C)[C@@H](CCC(=O)O)C[C@H]1O. The molecule has 0 aromatic heterocycles. The molecule has 1 rings (SSSR count). The van der Waals surface area contributed by atoms with E-state index in [2.05, 4.69) is 0 Å². The minimum atomic E-state index is -0.743. The van der Waals surface area contributed by atoms with E-state index in [9.17, 15) is 9.90 Å². The third-order valence-electron chi connectivity index (χ3n) is 3.13. The van der Waals surface area contributed by atoms with Crippen molar-refractivity contribution in [3.05, 3.63) is 0 Å². The summed E-state index contributed by atoms with van der Waals surface area (Å²) in [5.41, 5.74) is -0.0740. The lowest BCUT2D eigenvalue weighted by molar-refractivity contribution is -0.140. The number of hydrogen-bond donors (Lipinski definition) is 2. The smallest absolute Gasteiger partial charge is 0.303 e. The quantitative estimate of drug-likeness (QED) is 0.673. The van der Waals surface area contributed by atoms with Gasteiger partial charge in [0.1, 0.15) is 0 Å². The number of aliphatic carboxylic acids is 1. The van der Waals surface area contributed by atoms with Crippen LogP contribution in [0.4, 0.5) is 0 Å². The minimum Gasteiger partial charge on any atom is -0.481 e. The Bertz CT molecular complexity index is 186. The van der Waals surface area contributed by atoms with E-state index in [1.54, 1.807) is 0 Å². The summed E-state index contributed by atoms with van der Waals surface area (Å²) in [5, 5.41) is 17.8. The Hall–Kier alpha value is -0.570. The van der Waals surface area contributed by atoms with Gasteiger partial charge < -0.3 is 10.2 Å². The summed E-state index contributed by atoms with van der Waals surface area (Å²) < 4.78 is 0. The number of rotatable bonds is 3. The summed E-state index contributed by atoms with van der Waals surface area (Å²) in [6, 6.07) is 0. The van der Waals surface area contributed by atoms with Crippen LogP contribution in [0.1, 0.15) is 33.1 Å². The topological polar surface area (TPSA) is 57.5 Å². The second-order valence-corrected chi connectivity index (χ2v) is 4.20. The van der Waals surface area contributed by atoms with E-state index >= 15 is 0 Å². The van der Waals surface area contributed by atoms with Crippen LogP contribution >= 0.6 is 0 Å². The van der Waals surface area contributed by atoms with E-state index in [1.807, 2.05) is 13.8 Å². The zero-order valence-electron chi connectivity index (χ0n) is 7.58. The van der Waals surface area contributed by atoms with Crippen molar-refractivity contribution >= 4 is 5.97 Å². The molecular weight excluding hydrogens is 156 g/mol. The molecule has 0 saturated heterocycles. The summed E-state index contributed by atoms with van der Waals surface area (Å²) in [5.74, 6) is -0.365. The fourth-order valence-electron chi connectivity index (χ4n) is 1.78. The molecule has 12 heavy (non-hydrogen) atoms. The molecular formula is C9H16O3. The largest absolute Gasteiger partial charge is 0.481 e. The molecule has 2 N–H and O–H groups in total. The number of hydrogen-bond acceptors (Lipinski definition) is 2. The molecule has 0 bridgehead atoms. The summed E-state index contributed by atoms with van der Waals surface area (Å²) in [6.07, 6.45) is 1.44. The van der Waals surface area contributed by atoms with Gasteiger partial charge in [0.05, 0.1) is 6.10 Å². The molecule has 0 aromatic carbocycles. The Kier molecular flexibility index (Phi) is 2.42. The Morgan fingerprint density at radius 2 is 2.17 bits per heavy atom. The fraction of sp³-hybridized carbons (Fsp3) is 0.889. The van der Waals surface area contributed by atoms with Crippen LogP contribution in [-0.4, -0.2) is 22.3 Å². The highest BCUT2D eigenvalue weighted by Gasteiger charge is 2.46. The lowest BCUT2D eigenvalue weighted by atomic mass is 9.59. The van der Waals surface area contributed by atoms with E-state index in [4.69, 9.17) is 5.11 Å². The van der Waals surface area contributed by atoms with Gasteiger partial charge in [0.15, 0.2) is 0 Å². The molecule has 0 amide bonds. The Balaban J connectivity index is 2.32. The lowest BCUT2D eigenvalue weighted by Gasteiger charge is -2.49. The molecule has 3 heteroatoms. The van der Waals surface area contributed by atoms with Crippen molar-refractivity contribution in [2.24, 2.45) is 11.3 Å². The van der Waals surface area contributed by atoms with E-state index in [0.717, 1.165) is 6.42 Å². The molecule has 0 aromatic rings. The Labute approximate surface area is 72.4 Å². The van der Waals surface area contributed by atoms with Crippen molar-refractivity contribution < 1.29 is 15.0 Å².